The van der Waals surface area contributed by atoms with E-state index in [9.17, 15) is 4.79 Å². The molecule has 1 atom stereocenters. The molecule has 0 aliphatic carbocycles. The molecule has 2 aliphatic rings. The van der Waals surface area contributed by atoms with Gasteiger partial charge in [-0.3, -0.25) is 4.79 Å². The molecular weight excluding hydrogens is 262 g/mol. The second-order valence-corrected chi connectivity index (χ2v) is 6.38. The number of carbonyl (C=O) groups is 1. The second-order valence-electron chi connectivity index (χ2n) is 6.38. The van der Waals surface area contributed by atoms with Gasteiger partial charge in [-0.1, -0.05) is 12.1 Å². The van der Waals surface area contributed by atoms with E-state index in [0.717, 1.165) is 43.9 Å². The fourth-order valence-corrected chi connectivity index (χ4v) is 3.34. The zero-order chi connectivity index (χ0) is 14.7. The molecule has 0 spiro atoms. The van der Waals surface area contributed by atoms with Gasteiger partial charge in [0.2, 0.25) is 5.91 Å². The molecule has 21 heavy (non-hydrogen) atoms. The molecule has 1 aromatic rings. The fourth-order valence-electron chi connectivity index (χ4n) is 3.34. The molecule has 2 heterocycles. The lowest BCUT2D eigenvalue weighted by atomic mass is 9.99. The number of rotatable bonds is 3. The normalized spacial score (nSPS) is 25.9. The number of benzene rings is 1. The van der Waals surface area contributed by atoms with Crippen molar-refractivity contribution in [2.45, 2.75) is 44.6 Å². The lowest BCUT2D eigenvalue weighted by Gasteiger charge is -2.31. The minimum absolute atomic E-state index is 0.0875. The van der Waals surface area contributed by atoms with E-state index in [4.69, 9.17) is 0 Å². The molecule has 114 valence electrons. The minimum Gasteiger partial charge on any atom is -0.370 e. The Bertz CT molecular complexity index is 503. The highest BCUT2D eigenvalue weighted by Crippen LogP contribution is 2.29. The van der Waals surface area contributed by atoms with E-state index in [1.807, 2.05) is 19.1 Å². The van der Waals surface area contributed by atoms with Gasteiger partial charge in [-0.15, -0.1) is 0 Å². The summed E-state index contributed by atoms with van der Waals surface area (Å²) < 4.78 is 0. The van der Waals surface area contributed by atoms with Gasteiger partial charge >= 0.3 is 0 Å². The summed E-state index contributed by atoms with van der Waals surface area (Å²) in [5, 5.41) is 6.47. The summed E-state index contributed by atoms with van der Waals surface area (Å²) >= 11 is 0. The molecular formula is C17H25N3O. The van der Waals surface area contributed by atoms with E-state index >= 15 is 0 Å². The smallest absolute Gasteiger partial charge is 0.244 e. The topological polar surface area (TPSA) is 44.4 Å². The van der Waals surface area contributed by atoms with Crippen LogP contribution in [0.2, 0.25) is 0 Å². The van der Waals surface area contributed by atoms with Crippen molar-refractivity contribution in [3.05, 3.63) is 24.3 Å². The van der Waals surface area contributed by atoms with Crippen LogP contribution in [0.15, 0.2) is 24.3 Å². The average molecular weight is 287 g/mol. The summed E-state index contributed by atoms with van der Waals surface area (Å²) in [7, 11) is 0. The van der Waals surface area contributed by atoms with Crippen molar-refractivity contribution in [2.75, 3.05) is 29.9 Å². The molecule has 2 saturated heterocycles. The molecule has 1 amide bonds. The van der Waals surface area contributed by atoms with Crippen LogP contribution in [-0.2, 0) is 4.79 Å². The number of anilines is 2. The van der Waals surface area contributed by atoms with E-state index < -0.39 is 5.54 Å². The van der Waals surface area contributed by atoms with E-state index in [-0.39, 0.29) is 5.91 Å². The van der Waals surface area contributed by atoms with Gasteiger partial charge in [-0.2, -0.15) is 0 Å². The number of nitrogens with one attached hydrogen (secondary N) is 2. The van der Waals surface area contributed by atoms with Crippen molar-refractivity contribution in [1.29, 1.82) is 0 Å². The van der Waals surface area contributed by atoms with Gasteiger partial charge in [0.05, 0.1) is 16.9 Å². The average Bonchev–Trinajstić information content (AvgIpc) is 2.97. The fraction of sp³-hybridized carbons (Fsp3) is 0.588. The van der Waals surface area contributed by atoms with Gasteiger partial charge < -0.3 is 15.5 Å². The maximum absolute atomic E-state index is 12.6. The second kappa shape index (κ2) is 6.06. The summed E-state index contributed by atoms with van der Waals surface area (Å²) in [6.07, 6.45) is 5.76. The van der Waals surface area contributed by atoms with Crippen molar-refractivity contribution in [1.82, 2.24) is 5.32 Å². The number of amides is 1. The third kappa shape index (κ3) is 3.05. The van der Waals surface area contributed by atoms with E-state index in [1.54, 1.807) is 0 Å². The van der Waals surface area contributed by atoms with Crippen LogP contribution in [0.4, 0.5) is 11.4 Å². The van der Waals surface area contributed by atoms with Crippen LogP contribution < -0.4 is 15.5 Å². The first-order chi connectivity index (χ1) is 10.2. The first-order valence-corrected chi connectivity index (χ1v) is 8.09. The highest BCUT2D eigenvalue weighted by atomic mass is 16.2. The molecule has 2 fully saturated rings. The zero-order valence-corrected chi connectivity index (χ0v) is 12.8. The minimum atomic E-state index is -0.422. The summed E-state index contributed by atoms with van der Waals surface area (Å²) in [5.74, 6) is 0.0875. The largest absolute Gasteiger partial charge is 0.370 e. The molecule has 0 bridgehead atoms. The molecule has 4 nitrogen and oxygen atoms in total. The first kappa shape index (κ1) is 14.4. The number of carbonyl (C=O) groups excluding carboxylic acids is 1. The van der Waals surface area contributed by atoms with Crippen LogP contribution in [-0.4, -0.2) is 31.1 Å². The Labute approximate surface area is 126 Å². The van der Waals surface area contributed by atoms with Gasteiger partial charge in [0.15, 0.2) is 0 Å². The van der Waals surface area contributed by atoms with Gasteiger partial charge in [0.25, 0.3) is 0 Å². The molecule has 2 aliphatic heterocycles. The van der Waals surface area contributed by atoms with Crippen LogP contribution >= 0.6 is 0 Å². The predicted octanol–water partition coefficient (Wildman–Crippen LogP) is 2.76. The third-order valence-electron chi connectivity index (χ3n) is 4.72. The van der Waals surface area contributed by atoms with E-state index in [2.05, 4.69) is 27.7 Å². The Morgan fingerprint density at radius 1 is 1.19 bits per heavy atom. The third-order valence-corrected chi connectivity index (χ3v) is 4.72. The molecule has 1 unspecified atom stereocenters. The van der Waals surface area contributed by atoms with Crippen LogP contribution in [0.25, 0.3) is 0 Å². The lowest BCUT2D eigenvalue weighted by Crippen LogP contribution is -2.48. The first-order valence-electron chi connectivity index (χ1n) is 8.09. The molecule has 0 aromatic heterocycles. The Morgan fingerprint density at radius 3 is 2.67 bits per heavy atom. The van der Waals surface area contributed by atoms with Crippen molar-refractivity contribution in [2.24, 2.45) is 0 Å². The standard InChI is InChI=1S/C17H25N3O/c1-17(10-7-11-18-17)16(21)19-14-8-3-4-9-15(14)20-12-5-2-6-13-20/h3-4,8-9,18H,2,5-7,10-13H2,1H3,(H,19,21). The van der Waals surface area contributed by atoms with Gasteiger partial charge in [-0.25, -0.2) is 0 Å². The Kier molecular flexibility index (Phi) is 4.15. The highest BCUT2D eigenvalue weighted by Gasteiger charge is 2.36. The van der Waals surface area contributed by atoms with Gasteiger partial charge in [-0.05, 0) is 57.7 Å². The van der Waals surface area contributed by atoms with Crippen LogP contribution in [0.5, 0.6) is 0 Å². The van der Waals surface area contributed by atoms with Crippen molar-refractivity contribution < 1.29 is 4.79 Å². The maximum Gasteiger partial charge on any atom is 0.244 e. The van der Waals surface area contributed by atoms with Crippen LogP contribution in [0.3, 0.4) is 0 Å². The van der Waals surface area contributed by atoms with Gasteiger partial charge in [0.1, 0.15) is 0 Å². The Morgan fingerprint density at radius 2 is 1.95 bits per heavy atom. The van der Waals surface area contributed by atoms with Crippen LogP contribution in [0.1, 0.15) is 39.0 Å². The maximum atomic E-state index is 12.6. The summed E-state index contributed by atoms with van der Waals surface area (Å²) in [4.78, 5) is 15.0. The number of para-hydroxylation sites is 2. The molecule has 4 heteroatoms. The van der Waals surface area contributed by atoms with E-state index in [0.29, 0.717) is 0 Å². The zero-order valence-electron chi connectivity index (χ0n) is 12.8. The molecule has 2 N–H and O–H groups in total. The number of hydrogen-bond acceptors (Lipinski definition) is 3. The van der Waals surface area contributed by atoms with Crippen molar-refractivity contribution in [3.63, 3.8) is 0 Å². The molecule has 1 aromatic carbocycles. The monoisotopic (exact) mass is 287 g/mol. The Balaban J connectivity index is 1.77. The Hall–Kier alpha value is -1.55. The quantitative estimate of drug-likeness (QED) is 0.898. The molecule has 0 saturated carbocycles. The lowest BCUT2D eigenvalue weighted by molar-refractivity contribution is -0.121. The van der Waals surface area contributed by atoms with Gasteiger partial charge in [0, 0.05) is 13.1 Å². The molecule has 0 radical (unpaired) electrons. The van der Waals surface area contributed by atoms with Crippen molar-refractivity contribution >= 4 is 17.3 Å². The van der Waals surface area contributed by atoms with Crippen LogP contribution in [0, 0.1) is 0 Å². The van der Waals surface area contributed by atoms with Crippen molar-refractivity contribution in [3.8, 4) is 0 Å². The number of nitrogens with zero attached hydrogens (tertiary/aromatic N) is 1. The molecule has 3 rings (SSSR count). The summed E-state index contributed by atoms with van der Waals surface area (Å²) in [6.45, 7) is 5.10. The summed E-state index contributed by atoms with van der Waals surface area (Å²) in [6, 6.07) is 8.17. The summed E-state index contributed by atoms with van der Waals surface area (Å²) in [5.41, 5.74) is 1.68. The number of piperidine rings is 1. The predicted molar refractivity (Wildman–Crippen MR) is 86.8 cm³/mol. The SMILES string of the molecule is CC1(C(=O)Nc2ccccc2N2CCCCC2)CCCN1. The highest BCUT2D eigenvalue weighted by molar-refractivity contribution is 6.00. The van der Waals surface area contributed by atoms with E-state index in [1.165, 1.54) is 19.3 Å². The number of hydrogen-bond donors (Lipinski definition) is 2.